The molecule has 0 radical (unpaired) electrons. The lowest BCUT2D eigenvalue weighted by atomic mass is 10.1. The normalized spacial score (nSPS) is 10.8. The molecule has 5 heteroatoms. The Morgan fingerprint density at radius 2 is 1.52 bits per heavy atom. The number of amides is 1. The predicted molar refractivity (Wildman–Crippen MR) is 105 cm³/mol. The lowest BCUT2D eigenvalue weighted by molar-refractivity contribution is -0.685. The first-order chi connectivity index (χ1) is 13.2. The molecule has 3 aromatic rings. The molecule has 0 aliphatic carbocycles. The fourth-order valence-corrected chi connectivity index (χ4v) is 2.87. The molecule has 1 heterocycles. The number of carbonyl (C=O) groups is 1. The van der Waals surface area contributed by atoms with Gasteiger partial charge in [0.15, 0.2) is 12.4 Å². The summed E-state index contributed by atoms with van der Waals surface area (Å²) >= 11 is 0. The van der Waals surface area contributed by atoms with Crippen LogP contribution in [0, 0.1) is 5.21 Å². The third kappa shape index (κ3) is 5.51. The van der Waals surface area contributed by atoms with Crippen LogP contribution in [0.15, 0.2) is 90.3 Å². The maximum Gasteiger partial charge on any atom is 0.289 e. The van der Waals surface area contributed by atoms with Crippen molar-refractivity contribution in [3.8, 4) is 0 Å². The van der Waals surface area contributed by atoms with Crippen molar-refractivity contribution in [2.75, 3.05) is 0 Å². The molecule has 0 aliphatic rings. The number of benzene rings is 2. The Balaban J connectivity index is 1.78. The summed E-state index contributed by atoms with van der Waals surface area (Å²) in [6, 6.07) is 23.5. The lowest BCUT2D eigenvalue weighted by Gasteiger charge is -2.22. The van der Waals surface area contributed by atoms with Crippen molar-refractivity contribution >= 4 is 12.1 Å². The van der Waals surface area contributed by atoms with E-state index in [0.717, 1.165) is 11.1 Å². The van der Waals surface area contributed by atoms with E-state index in [9.17, 15) is 10.0 Å². The topological polar surface area (TPSA) is 59.6 Å². The van der Waals surface area contributed by atoms with E-state index >= 15 is 0 Å². The van der Waals surface area contributed by atoms with Gasteiger partial charge in [0, 0.05) is 25.4 Å². The smallest absolute Gasteiger partial charge is 0.289 e. The monoisotopic (exact) mass is 359 g/mol. The van der Waals surface area contributed by atoms with Gasteiger partial charge in [0.1, 0.15) is 0 Å². The molecule has 5 nitrogen and oxygen atoms in total. The third-order valence-electron chi connectivity index (χ3n) is 4.19. The zero-order valence-corrected chi connectivity index (χ0v) is 14.9. The van der Waals surface area contributed by atoms with Gasteiger partial charge in [0.05, 0.1) is 5.56 Å². The summed E-state index contributed by atoms with van der Waals surface area (Å²) in [4.78, 5) is 14.8. The molecule has 0 saturated heterocycles. The maximum absolute atomic E-state index is 13.0. The number of rotatable bonds is 7. The van der Waals surface area contributed by atoms with Crippen LogP contribution in [0.2, 0.25) is 0 Å². The number of aromatic nitrogens is 1. The van der Waals surface area contributed by atoms with Crippen molar-refractivity contribution in [3.05, 3.63) is 107 Å². The molecule has 2 aromatic carbocycles. The minimum absolute atomic E-state index is 0.00363. The van der Waals surface area contributed by atoms with Crippen LogP contribution in [0.3, 0.4) is 0 Å². The standard InChI is InChI=1S/C22H21N3O2/c26-22(18-24-13-7-12-21(15-24)14-23-27)25(16-19-8-3-1-4-9-19)17-20-10-5-2-6-11-20/h1-15H,16-18H2/b23-14+. The Morgan fingerprint density at radius 1 is 0.926 bits per heavy atom. The molecule has 27 heavy (non-hydrogen) atoms. The summed E-state index contributed by atoms with van der Waals surface area (Å²) in [7, 11) is 0. The summed E-state index contributed by atoms with van der Waals surface area (Å²) in [5.41, 5.74) is 2.83. The second-order valence-corrected chi connectivity index (χ2v) is 6.27. The third-order valence-corrected chi connectivity index (χ3v) is 4.19. The van der Waals surface area contributed by atoms with Gasteiger partial charge in [0.2, 0.25) is 6.54 Å². The van der Waals surface area contributed by atoms with Gasteiger partial charge in [-0.05, 0) is 17.2 Å². The number of carbonyl (C=O) groups excluding carboxylic acids is 1. The Hall–Kier alpha value is -3.47. The Morgan fingerprint density at radius 3 is 2.07 bits per heavy atom. The van der Waals surface area contributed by atoms with E-state index in [0.29, 0.717) is 18.7 Å². The maximum atomic E-state index is 13.0. The number of pyridine rings is 1. The van der Waals surface area contributed by atoms with Crippen molar-refractivity contribution in [3.63, 3.8) is 0 Å². The van der Waals surface area contributed by atoms with Crippen LogP contribution < -0.4 is 4.57 Å². The minimum Gasteiger partial charge on any atom is -0.792 e. The van der Waals surface area contributed by atoms with Gasteiger partial charge < -0.3 is 15.3 Å². The number of hydrogen-bond acceptors (Lipinski definition) is 3. The van der Waals surface area contributed by atoms with Crippen molar-refractivity contribution in [2.24, 2.45) is 5.16 Å². The highest BCUT2D eigenvalue weighted by Gasteiger charge is 2.19. The second-order valence-electron chi connectivity index (χ2n) is 6.27. The van der Waals surface area contributed by atoms with Gasteiger partial charge in [-0.15, -0.1) is 0 Å². The Kier molecular flexibility index (Phi) is 6.30. The van der Waals surface area contributed by atoms with Crippen molar-refractivity contribution < 1.29 is 9.36 Å². The minimum atomic E-state index is 0.00363. The predicted octanol–water partition coefficient (Wildman–Crippen LogP) is 3.12. The summed E-state index contributed by atoms with van der Waals surface area (Å²) in [6.07, 6.45) is 4.78. The highest BCUT2D eigenvalue weighted by Crippen LogP contribution is 2.10. The Labute approximate surface area is 158 Å². The molecule has 1 amide bonds. The zero-order chi connectivity index (χ0) is 18.9. The zero-order valence-electron chi connectivity index (χ0n) is 14.9. The second kappa shape index (κ2) is 9.29. The summed E-state index contributed by atoms with van der Waals surface area (Å²) in [6.45, 7) is 1.27. The molecule has 0 aliphatic heterocycles. The molecule has 0 spiro atoms. The van der Waals surface area contributed by atoms with Gasteiger partial charge in [-0.25, -0.2) is 0 Å². The molecule has 1 aromatic heterocycles. The highest BCUT2D eigenvalue weighted by molar-refractivity contribution is 5.79. The van der Waals surface area contributed by atoms with Crippen LogP contribution >= 0.6 is 0 Å². The quantitative estimate of drug-likeness (QED) is 0.370. The Bertz CT molecular complexity index is 854. The van der Waals surface area contributed by atoms with Gasteiger partial charge in [-0.2, -0.15) is 4.57 Å². The first-order valence-corrected chi connectivity index (χ1v) is 8.75. The molecule has 0 fully saturated rings. The molecular formula is C22H21N3O2. The number of nitrogens with zero attached hydrogens (tertiary/aromatic N) is 3. The van der Waals surface area contributed by atoms with Gasteiger partial charge >= 0.3 is 0 Å². The van der Waals surface area contributed by atoms with Gasteiger partial charge in [0.25, 0.3) is 5.91 Å². The van der Waals surface area contributed by atoms with Crippen LogP contribution in [0.1, 0.15) is 16.7 Å². The van der Waals surface area contributed by atoms with Crippen LogP contribution in [0.5, 0.6) is 0 Å². The first-order valence-electron chi connectivity index (χ1n) is 8.75. The molecule has 3 rings (SSSR count). The fourth-order valence-electron chi connectivity index (χ4n) is 2.87. The number of hydrogen-bond donors (Lipinski definition) is 0. The van der Waals surface area contributed by atoms with E-state index in [1.165, 1.54) is 6.21 Å². The molecule has 0 unspecified atom stereocenters. The van der Waals surface area contributed by atoms with E-state index in [1.807, 2.05) is 71.8 Å². The van der Waals surface area contributed by atoms with E-state index in [1.54, 1.807) is 22.9 Å². The molecule has 0 saturated carbocycles. The van der Waals surface area contributed by atoms with E-state index < -0.39 is 0 Å². The molecule has 0 atom stereocenters. The molecule has 0 N–H and O–H groups in total. The SMILES string of the molecule is O=C(C[n+]1cccc(/C=N/[O-])c1)N(Cc1ccccc1)Cc1ccccc1. The summed E-state index contributed by atoms with van der Waals surface area (Å²) in [5, 5.41) is 13.2. The average Bonchev–Trinajstić information content (AvgIpc) is 2.70. The molecule has 136 valence electrons. The highest BCUT2D eigenvalue weighted by atomic mass is 16.4. The van der Waals surface area contributed by atoms with Gasteiger partial charge in [-0.1, -0.05) is 60.7 Å². The van der Waals surface area contributed by atoms with Crippen molar-refractivity contribution in [1.29, 1.82) is 0 Å². The van der Waals surface area contributed by atoms with Crippen LogP contribution in [0.25, 0.3) is 0 Å². The van der Waals surface area contributed by atoms with Crippen LogP contribution in [0.4, 0.5) is 0 Å². The van der Waals surface area contributed by atoms with Crippen molar-refractivity contribution in [2.45, 2.75) is 19.6 Å². The average molecular weight is 359 g/mol. The largest absolute Gasteiger partial charge is 0.792 e. The van der Waals surface area contributed by atoms with Crippen molar-refractivity contribution in [1.82, 2.24) is 4.90 Å². The van der Waals surface area contributed by atoms with Gasteiger partial charge in [-0.3, -0.25) is 4.79 Å². The molecule has 0 bridgehead atoms. The van der Waals surface area contributed by atoms with E-state index in [4.69, 9.17) is 0 Å². The molecular weight excluding hydrogens is 338 g/mol. The lowest BCUT2D eigenvalue weighted by Crippen LogP contribution is -2.44. The first kappa shape index (κ1) is 18.3. The summed E-state index contributed by atoms with van der Waals surface area (Å²) < 4.78 is 1.77. The fraction of sp³-hybridized carbons (Fsp3) is 0.136. The van der Waals surface area contributed by atoms with E-state index in [-0.39, 0.29) is 12.5 Å². The van der Waals surface area contributed by atoms with Crippen LogP contribution in [-0.2, 0) is 24.4 Å². The van der Waals surface area contributed by atoms with Crippen LogP contribution in [-0.4, -0.2) is 17.0 Å². The summed E-state index contributed by atoms with van der Waals surface area (Å²) in [5.74, 6) is 0.00363. The van der Waals surface area contributed by atoms with E-state index in [2.05, 4.69) is 5.16 Å².